The normalized spacial score (nSPS) is 19.8. The van der Waals surface area contributed by atoms with Gasteiger partial charge in [0.25, 0.3) is 0 Å². The van der Waals surface area contributed by atoms with Crippen molar-refractivity contribution in [1.82, 2.24) is 4.98 Å². The Morgan fingerprint density at radius 2 is 1.77 bits per heavy atom. The largest absolute Gasteiger partial charge is 0.497 e. The number of aromatic nitrogens is 1. The van der Waals surface area contributed by atoms with Gasteiger partial charge in [0, 0.05) is 22.7 Å². The molecule has 116 valence electrons. The average Bonchev–Trinajstić information content (AvgIpc) is 2.67. The van der Waals surface area contributed by atoms with Crippen molar-refractivity contribution >= 4 is 23.4 Å². The molecule has 0 unspecified atom stereocenters. The first-order chi connectivity index (χ1) is 10.2. The lowest BCUT2D eigenvalue weighted by atomic mass is 9.77. The fourth-order valence-electron chi connectivity index (χ4n) is 2.59. The van der Waals surface area contributed by atoms with Crippen LogP contribution in [0.2, 0.25) is 0 Å². The van der Waals surface area contributed by atoms with E-state index in [2.05, 4.69) is 4.98 Å². The second kappa shape index (κ2) is 5.03. The Kier molecular flexibility index (Phi) is 3.53. The van der Waals surface area contributed by atoms with Crippen molar-refractivity contribution < 1.29 is 13.7 Å². The molecule has 0 saturated carbocycles. The first kappa shape index (κ1) is 15.4. The summed E-state index contributed by atoms with van der Waals surface area (Å²) in [4.78, 5) is 4.29. The Labute approximate surface area is 131 Å². The number of rotatable bonds is 2. The van der Waals surface area contributed by atoms with Gasteiger partial charge < -0.3 is 9.31 Å². The van der Waals surface area contributed by atoms with Gasteiger partial charge in [-0.2, -0.15) is 0 Å². The first-order valence-electron chi connectivity index (χ1n) is 7.68. The summed E-state index contributed by atoms with van der Waals surface area (Å²) >= 11 is 0. The number of halogens is 1. The van der Waals surface area contributed by atoms with Crippen LogP contribution in [0.3, 0.4) is 0 Å². The van der Waals surface area contributed by atoms with Crippen LogP contribution in [-0.2, 0) is 15.7 Å². The van der Waals surface area contributed by atoms with Crippen molar-refractivity contribution in [3.63, 3.8) is 0 Å². The number of aryl methyl sites for hydroxylation is 1. The molecule has 1 aliphatic rings. The summed E-state index contributed by atoms with van der Waals surface area (Å²) in [5.41, 5.74) is 0.416. The van der Waals surface area contributed by atoms with Crippen LogP contribution in [0.1, 0.15) is 40.3 Å². The van der Waals surface area contributed by atoms with Crippen LogP contribution in [0.5, 0.6) is 0 Å². The fraction of sp³-hybridized carbons (Fsp3) is 0.471. The zero-order chi connectivity index (χ0) is 16.1. The van der Waals surface area contributed by atoms with Gasteiger partial charge in [0.2, 0.25) is 0 Å². The van der Waals surface area contributed by atoms with E-state index in [1.165, 1.54) is 0 Å². The molecule has 0 amide bonds. The summed E-state index contributed by atoms with van der Waals surface area (Å²) in [6.45, 7) is 9.87. The summed E-state index contributed by atoms with van der Waals surface area (Å²) in [6, 6.07) is 5.57. The maximum Gasteiger partial charge on any atom is 0.497 e. The molecule has 0 bridgehead atoms. The molecule has 1 fully saturated rings. The van der Waals surface area contributed by atoms with E-state index in [1.54, 1.807) is 12.3 Å². The molecule has 0 spiro atoms. The molecule has 3 rings (SSSR count). The van der Waals surface area contributed by atoms with Crippen LogP contribution in [0.4, 0.5) is 4.39 Å². The monoisotopic (exact) mass is 301 g/mol. The number of pyridine rings is 1. The van der Waals surface area contributed by atoms with Gasteiger partial charge in [0.05, 0.1) is 11.2 Å². The molecule has 0 N–H and O–H groups in total. The maximum absolute atomic E-state index is 14.9. The number of hydrogen-bond acceptors (Lipinski definition) is 3. The van der Waals surface area contributed by atoms with E-state index in [-0.39, 0.29) is 5.82 Å². The lowest BCUT2D eigenvalue weighted by molar-refractivity contribution is 0.00578. The van der Waals surface area contributed by atoms with Crippen LogP contribution in [-0.4, -0.2) is 23.3 Å². The average molecular weight is 301 g/mol. The van der Waals surface area contributed by atoms with Gasteiger partial charge >= 0.3 is 7.12 Å². The number of benzene rings is 1. The summed E-state index contributed by atoms with van der Waals surface area (Å²) in [5.74, 6) is -0.314. The van der Waals surface area contributed by atoms with Crippen molar-refractivity contribution in [3.05, 3.63) is 35.9 Å². The Balaban J connectivity index is 2.04. The predicted octanol–water partition coefficient (Wildman–Crippen LogP) is 3.24. The van der Waals surface area contributed by atoms with E-state index in [1.807, 2.05) is 46.8 Å². The van der Waals surface area contributed by atoms with Crippen LogP contribution in [0, 0.1) is 5.82 Å². The topological polar surface area (TPSA) is 31.4 Å². The summed E-state index contributed by atoms with van der Waals surface area (Å²) < 4.78 is 26.7. The molecule has 1 aromatic heterocycles. The molecule has 3 nitrogen and oxygen atoms in total. The minimum atomic E-state index is -0.694. The van der Waals surface area contributed by atoms with Crippen molar-refractivity contribution in [2.45, 2.75) is 52.2 Å². The van der Waals surface area contributed by atoms with E-state index in [0.29, 0.717) is 10.8 Å². The molecule has 0 atom stereocenters. The summed E-state index contributed by atoms with van der Waals surface area (Å²) in [7, 11) is -0.694. The highest BCUT2D eigenvalue weighted by Crippen LogP contribution is 2.36. The SMILES string of the molecule is CCc1cc2ccc(B3OC(C)(C)C(C)(C)O3)c(F)c2cn1. The third-order valence-electron chi connectivity index (χ3n) is 4.79. The van der Waals surface area contributed by atoms with Crippen LogP contribution in [0.15, 0.2) is 24.4 Å². The van der Waals surface area contributed by atoms with Crippen molar-refractivity contribution in [3.8, 4) is 0 Å². The van der Waals surface area contributed by atoms with E-state index < -0.39 is 18.3 Å². The van der Waals surface area contributed by atoms with Crippen LogP contribution in [0.25, 0.3) is 10.8 Å². The van der Waals surface area contributed by atoms with Gasteiger partial charge in [-0.25, -0.2) is 4.39 Å². The van der Waals surface area contributed by atoms with E-state index >= 15 is 0 Å². The highest BCUT2D eigenvalue weighted by Gasteiger charge is 2.52. The molecule has 5 heteroatoms. The minimum absolute atomic E-state index is 0.314. The molecule has 0 aliphatic carbocycles. The van der Waals surface area contributed by atoms with Crippen LogP contribution >= 0.6 is 0 Å². The quantitative estimate of drug-likeness (QED) is 0.798. The molecule has 2 aromatic rings. The molecule has 1 aromatic carbocycles. The van der Waals surface area contributed by atoms with Crippen molar-refractivity contribution in [1.29, 1.82) is 0 Å². The highest BCUT2D eigenvalue weighted by molar-refractivity contribution is 6.62. The summed E-state index contributed by atoms with van der Waals surface area (Å²) in [6.07, 6.45) is 2.43. The van der Waals surface area contributed by atoms with Crippen molar-refractivity contribution in [2.24, 2.45) is 0 Å². The van der Waals surface area contributed by atoms with Gasteiger partial charge in [-0.1, -0.05) is 19.1 Å². The molecule has 2 heterocycles. The Hall–Kier alpha value is -1.46. The Morgan fingerprint density at radius 3 is 2.36 bits per heavy atom. The lowest BCUT2D eigenvalue weighted by Crippen LogP contribution is -2.41. The van der Waals surface area contributed by atoms with Crippen molar-refractivity contribution in [2.75, 3.05) is 0 Å². The van der Waals surface area contributed by atoms with Gasteiger partial charge in [-0.05, 0) is 45.6 Å². The van der Waals surface area contributed by atoms with Gasteiger partial charge in [0.1, 0.15) is 5.82 Å². The maximum atomic E-state index is 14.9. The van der Waals surface area contributed by atoms with Gasteiger partial charge in [-0.3, -0.25) is 4.98 Å². The number of fused-ring (bicyclic) bond motifs is 1. The Bertz CT molecular complexity index is 714. The summed E-state index contributed by atoms with van der Waals surface area (Å²) in [5, 5.41) is 1.36. The Morgan fingerprint density at radius 1 is 1.14 bits per heavy atom. The number of hydrogen-bond donors (Lipinski definition) is 0. The predicted molar refractivity (Wildman–Crippen MR) is 86.8 cm³/mol. The standard InChI is InChI=1S/C17H21BFNO2/c1-6-12-9-11-7-8-14(15(19)13(11)10-20-12)18-21-16(2,3)17(4,5)22-18/h7-10H,6H2,1-5H3. The highest BCUT2D eigenvalue weighted by atomic mass is 19.1. The molecule has 22 heavy (non-hydrogen) atoms. The second-order valence-corrected chi connectivity index (χ2v) is 6.81. The fourth-order valence-corrected chi connectivity index (χ4v) is 2.59. The molecule has 0 radical (unpaired) electrons. The first-order valence-corrected chi connectivity index (χ1v) is 7.68. The van der Waals surface area contributed by atoms with E-state index in [9.17, 15) is 4.39 Å². The van der Waals surface area contributed by atoms with Crippen LogP contribution < -0.4 is 5.46 Å². The zero-order valence-electron chi connectivity index (χ0n) is 13.7. The lowest BCUT2D eigenvalue weighted by Gasteiger charge is -2.32. The smallest absolute Gasteiger partial charge is 0.399 e. The third kappa shape index (κ3) is 2.33. The molecular formula is C17H21BFNO2. The second-order valence-electron chi connectivity index (χ2n) is 6.81. The number of nitrogens with zero attached hydrogens (tertiary/aromatic N) is 1. The van der Waals surface area contributed by atoms with Gasteiger partial charge in [-0.15, -0.1) is 0 Å². The van der Waals surface area contributed by atoms with Gasteiger partial charge in [0.15, 0.2) is 0 Å². The minimum Gasteiger partial charge on any atom is -0.399 e. The molecule has 1 aliphatic heterocycles. The zero-order valence-corrected chi connectivity index (χ0v) is 13.7. The van der Waals surface area contributed by atoms with E-state index in [4.69, 9.17) is 9.31 Å². The van der Waals surface area contributed by atoms with E-state index in [0.717, 1.165) is 17.5 Å². The third-order valence-corrected chi connectivity index (χ3v) is 4.79. The molecule has 1 saturated heterocycles. The molecular weight excluding hydrogens is 280 g/mol.